The highest BCUT2D eigenvalue weighted by Gasteiger charge is 2.28. The fourth-order valence-electron chi connectivity index (χ4n) is 3.93. The first-order valence-electron chi connectivity index (χ1n) is 9.72. The molecule has 0 amide bonds. The lowest BCUT2D eigenvalue weighted by Gasteiger charge is -2.36. The number of piperidine rings is 1. The largest absolute Gasteiger partial charge is 0.484 e. The third-order valence-electron chi connectivity index (χ3n) is 5.60. The molecule has 0 radical (unpaired) electrons. The predicted molar refractivity (Wildman–Crippen MR) is 101 cm³/mol. The molecule has 0 N–H and O–H groups in total. The molecule has 2 aliphatic heterocycles. The van der Waals surface area contributed by atoms with Crippen LogP contribution < -0.4 is 9.47 Å². The lowest BCUT2D eigenvalue weighted by atomic mass is 9.90. The van der Waals surface area contributed by atoms with E-state index in [1.54, 1.807) is 0 Å². The summed E-state index contributed by atoms with van der Waals surface area (Å²) in [6.45, 7) is 6.81. The van der Waals surface area contributed by atoms with E-state index in [0.717, 1.165) is 38.0 Å². The topological polar surface area (TPSA) is 47.5 Å². The lowest BCUT2D eigenvalue weighted by molar-refractivity contribution is 0.132. The van der Waals surface area contributed by atoms with Gasteiger partial charge < -0.3 is 9.47 Å². The second-order valence-corrected chi connectivity index (χ2v) is 7.52. The summed E-state index contributed by atoms with van der Waals surface area (Å²) in [6.07, 6.45) is 5.25. The van der Waals surface area contributed by atoms with Crippen molar-refractivity contribution >= 4 is 0 Å². The molecule has 0 spiro atoms. The Labute approximate surface area is 159 Å². The van der Waals surface area contributed by atoms with E-state index in [2.05, 4.69) is 27.0 Å². The molecule has 4 heterocycles. The minimum Gasteiger partial charge on any atom is -0.484 e. The van der Waals surface area contributed by atoms with Gasteiger partial charge in [-0.3, -0.25) is 9.88 Å². The third kappa shape index (κ3) is 4.05. The van der Waals surface area contributed by atoms with Crippen molar-refractivity contribution in [1.82, 2.24) is 14.9 Å². The molecule has 5 nitrogen and oxygen atoms in total. The number of hydrogen-bond acceptors (Lipinski definition) is 5. The number of nitrogens with zero attached hydrogens (tertiary/aromatic N) is 3. The SMILES string of the molecule is Cc1ccc(CC2CCN(C(C)c3nc4c(cc3F)OCCO4)CC2)cn1. The number of ether oxygens (including phenoxy) is 2. The molecule has 0 aliphatic carbocycles. The fourth-order valence-corrected chi connectivity index (χ4v) is 3.93. The second-order valence-electron chi connectivity index (χ2n) is 7.52. The van der Waals surface area contributed by atoms with Gasteiger partial charge in [-0.25, -0.2) is 9.37 Å². The summed E-state index contributed by atoms with van der Waals surface area (Å²) in [5.74, 6) is 1.14. The highest BCUT2D eigenvalue weighted by atomic mass is 19.1. The van der Waals surface area contributed by atoms with E-state index in [1.807, 2.05) is 20.0 Å². The van der Waals surface area contributed by atoms with Gasteiger partial charge in [-0.1, -0.05) is 6.07 Å². The van der Waals surface area contributed by atoms with Crippen LogP contribution in [-0.2, 0) is 6.42 Å². The van der Waals surface area contributed by atoms with E-state index in [-0.39, 0.29) is 11.9 Å². The molecule has 4 rings (SSSR count). The molecular formula is C21H26FN3O2. The molecule has 1 saturated heterocycles. The van der Waals surface area contributed by atoms with E-state index in [4.69, 9.17) is 9.47 Å². The molecule has 2 aliphatic rings. The van der Waals surface area contributed by atoms with Crippen molar-refractivity contribution in [2.75, 3.05) is 26.3 Å². The van der Waals surface area contributed by atoms with Crippen LogP contribution in [-0.4, -0.2) is 41.2 Å². The quantitative estimate of drug-likeness (QED) is 0.820. The molecule has 6 heteroatoms. The Morgan fingerprint density at radius 1 is 1.22 bits per heavy atom. The van der Waals surface area contributed by atoms with Crippen molar-refractivity contribution in [2.45, 2.75) is 39.2 Å². The van der Waals surface area contributed by atoms with E-state index < -0.39 is 0 Å². The molecule has 0 bridgehead atoms. The Balaban J connectivity index is 1.38. The van der Waals surface area contributed by atoms with Crippen LogP contribution in [0.15, 0.2) is 24.4 Å². The van der Waals surface area contributed by atoms with Crippen LogP contribution in [0.1, 0.15) is 42.8 Å². The molecule has 1 unspecified atom stereocenters. The fraction of sp³-hybridized carbons (Fsp3) is 0.524. The Morgan fingerprint density at radius 3 is 2.74 bits per heavy atom. The Morgan fingerprint density at radius 2 is 2.00 bits per heavy atom. The maximum atomic E-state index is 14.5. The summed E-state index contributed by atoms with van der Waals surface area (Å²) in [6, 6.07) is 5.57. The minimum atomic E-state index is -0.320. The van der Waals surface area contributed by atoms with Gasteiger partial charge in [0, 0.05) is 18.0 Å². The van der Waals surface area contributed by atoms with Gasteiger partial charge in [0.1, 0.15) is 19.0 Å². The van der Waals surface area contributed by atoms with Gasteiger partial charge in [0.25, 0.3) is 5.88 Å². The van der Waals surface area contributed by atoms with E-state index in [0.29, 0.717) is 36.5 Å². The number of pyridine rings is 2. The summed E-state index contributed by atoms with van der Waals surface area (Å²) in [5.41, 5.74) is 2.79. The number of hydrogen-bond donors (Lipinski definition) is 0. The standard InChI is InChI=1S/C21H26FN3O2/c1-14-3-4-17(13-23-14)11-16-5-7-25(8-6-16)15(2)20-18(22)12-19-21(24-20)27-10-9-26-19/h3-4,12-13,15-16H,5-11H2,1-2H3. The molecule has 0 saturated carbocycles. The number of aryl methyl sites for hydroxylation is 1. The summed E-state index contributed by atoms with van der Waals surface area (Å²) >= 11 is 0. The summed E-state index contributed by atoms with van der Waals surface area (Å²) in [4.78, 5) is 11.1. The summed E-state index contributed by atoms with van der Waals surface area (Å²) in [7, 11) is 0. The van der Waals surface area contributed by atoms with Gasteiger partial charge in [0.05, 0.1) is 11.7 Å². The highest BCUT2D eigenvalue weighted by molar-refractivity contribution is 5.37. The van der Waals surface area contributed by atoms with E-state index in [9.17, 15) is 4.39 Å². The maximum Gasteiger partial charge on any atom is 0.257 e. The molecule has 2 aromatic heterocycles. The van der Waals surface area contributed by atoms with Crippen molar-refractivity contribution in [3.8, 4) is 11.6 Å². The zero-order valence-electron chi connectivity index (χ0n) is 15.9. The normalized spacial score (nSPS) is 19.1. The highest BCUT2D eigenvalue weighted by Crippen LogP contribution is 2.34. The molecule has 144 valence electrons. The van der Waals surface area contributed by atoms with Gasteiger partial charge in [-0.2, -0.15) is 0 Å². The van der Waals surface area contributed by atoms with Crippen molar-refractivity contribution in [3.05, 3.63) is 47.2 Å². The molecule has 1 atom stereocenters. The van der Waals surface area contributed by atoms with Gasteiger partial charge >= 0.3 is 0 Å². The van der Waals surface area contributed by atoms with Gasteiger partial charge in [-0.15, -0.1) is 0 Å². The lowest BCUT2D eigenvalue weighted by Crippen LogP contribution is -2.37. The molecule has 2 aromatic rings. The van der Waals surface area contributed by atoms with Crippen LogP contribution in [0.5, 0.6) is 11.6 Å². The van der Waals surface area contributed by atoms with Crippen molar-refractivity contribution in [3.63, 3.8) is 0 Å². The average molecular weight is 371 g/mol. The van der Waals surface area contributed by atoms with Crippen LogP contribution in [0.4, 0.5) is 4.39 Å². The average Bonchev–Trinajstić information content (AvgIpc) is 2.69. The first-order chi connectivity index (χ1) is 13.1. The minimum absolute atomic E-state index is 0.0807. The molecule has 27 heavy (non-hydrogen) atoms. The van der Waals surface area contributed by atoms with Crippen molar-refractivity contribution in [2.24, 2.45) is 5.92 Å². The van der Waals surface area contributed by atoms with Crippen molar-refractivity contribution in [1.29, 1.82) is 0 Å². The van der Waals surface area contributed by atoms with Gasteiger partial charge in [0.2, 0.25) is 0 Å². The summed E-state index contributed by atoms with van der Waals surface area (Å²) in [5, 5.41) is 0. The Hall–Kier alpha value is -2.21. The number of aromatic nitrogens is 2. The molecule has 1 fully saturated rings. The Bertz CT molecular complexity index is 789. The van der Waals surface area contributed by atoms with E-state index in [1.165, 1.54) is 11.6 Å². The van der Waals surface area contributed by atoms with Crippen molar-refractivity contribution < 1.29 is 13.9 Å². The van der Waals surface area contributed by atoms with Crippen LogP contribution in [0.3, 0.4) is 0 Å². The van der Waals surface area contributed by atoms with Crippen LogP contribution in [0, 0.1) is 18.7 Å². The smallest absolute Gasteiger partial charge is 0.257 e. The zero-order chi connectivity index (χ0) is 18.8. The first-order valence-corrected chi connectivity index (χ1v) is 9.72. The number of rotatable bonds is 4. The molecular weight excluding hydrogens is 345 g/mol. The number of fused-ring (bicyclic) bond motifs is 1. The maximum absolute atomic E-state index is 14.5. The monoisotopic (exact) mass is 371 g/mol. The second kappa shape index (κ2) is 7.80. The number of halogens is 1. The first kappa shape index (κ1) is 18.2. The van der Waals surface area contributed by atoms with Gasteiger partial charge in [0.15, 0.2) is 5.75 Å². The van der Waals surface area contributed by atoms with Gasteiger partial charge in [-0.05, 0) is 63.7 Å². The van der Waals surface area contributed by atoms with E-state index >= 15 is 0 Å². The summed E-state index contributed by atoms with van der Waals surface area (Å²) < 4.78 is 25.5. The predicted octanol–water partition coefficient (Wildman–Crippen LogP) is 3.71. The van der Waals surface area contributed by atoms with Crippen LogP contribution in [0.2, 0.25) is 0 Å². The number of likely N-dealkylation sites (tertiary alicyclic amines) is 1. The zero-order valence-corrected chi connectivity index (χ0v) is 15.9. The Kier molecular flexibility index (Phi) is 5.25. The van der Waals surface area contributed by atoms with Crippen LogP contribution in [0.25, 0.3) is 0 Å². The van der Waals surface area contributed by atoms with Crippen LogP contribution >= 0.6 is 0 Å². The molecule has 0 aromatic carbocycles. The third-order valence-corrected chi connectivity index (χ3v) is 5.60.